The number of halogens is 2. The third-order valence-electron chi connectivity index (χ3n) is 5.82. The van der Waals surface area contributed by atoms with Crippen LogP contribution in [-0.4, -0.2) is 41.5 Å². The summed E-state index contributed by atoms with van der Waals surface area (Å²) in [5.41, 5.74) is 1.92. The number of amides is 1. The fraction of sp³-hybridized carbons (Fsp3) is 0.217. The van der Waals surface area contributed by atoms with Gasteiger partial charge in [-0.15, -0.1) is 0 Å². The van der Waals surface area contributed by atoms with Gasteiger partial charge in [-0.3, -0.25) is 4.79 Å². The first kappa shape index (κ1) is 17.9. The van der Waals surface area contributed by atoms with E-state index in [2.05, 4.69) is 5.32 Å². The van der Waals surface area contributed by atoms with Crippen LogP contribution in [0.25, 0.3) is 0 Å². The van der Waals surface area contributed by atoms with Gasteiger partial charge < -0.3 is 10.1 Å². The maximum absolute atomic E-state index is 14.0. The van der Waals surface area contributed by atoms with Crippen molar-refractivity contribution in [1.29, 1.82) is 0 Å². The zero-order valence-electron chi connectivity index (χ0n) is 15.7. The third-order valence-corrected chi connectivity index (χ3v) is 5.82. The topological polar surface area (TPSA) is 41.3 Å². The fourth-order valence-electron chi connectivity index (χ4n) is 4.58. The molecule has 0 aromatic heterocycles. The van der Waals surface area contributed by atoms with Crippen molar-refractivity contribution in [1.82, 2.24) is 5.32 Å². The molecule has 3 unspecified atom stereocenters. The van der Waals surface area contributed by atoms with Crippen molar-refractivity contribution in [2.24, 2.45) is 0 Å². The molecule has 1 amide bonds. The van der Waals surface area contributed by atoms with Crippen molar-refractivity contribution in [3.05, 3.63) is 89.0 Å². The summed E-state index contributed by atoms with van der Waals surface area (Å²) >= 11 is 0. The molecule has 0 saturated carbocycles. The van der Waals surface area contributed by atoms with Crippen molar-refractivity contribution >= 4 is 17.8 Å². The van der Waals surface area contributed by atoms with E-state index < -0.39 is 23.3 Å². The van der Waals surface area contributed by atoms with Gasteiger partial charge in [0, 0.05) is 31.7 Å². The highest BCUT2D eigenvalue weighted by Gasteiger charge is 2.63. The Morgan fingerprint density at radius 3 is 2.59 bits per heavy atom. The molecule has 0 saturated heterocycles. The molecule has 3 heterocycles. The summed E-state index contributed by atoms with van der Waals surface area (Å²) in [6.45, 7) is 0. The van der Waals surface area contributed by atoms with E-state index in [0.29, 0.717) is 17.7 Å². The van der Waals surface area contributed by atoms with E-state index in [0.717, 1.165) is 17.2 Å². The molecule has 0 fully saturated rings. The van der Waals surface area contributed by atoms with Crippen molar-refractivity contribution in [3.63, 3.8) is 0 Å². The Balaban J connectivity index is 1.68. The van der Waals surface area contributed by atoms with Crippen molar-refractivity contribution in [2.45, 2.75) is 24.2 Å². The summed E-state index contributed by atoms with van der Waals surface area (Å²) in [4.78, 5) is 12.5. The molecular formula is C23H19F2N2O2+. The van der Waals surface area contributed by atoms with E-state index >= 15 is 0 Å². The molecule has 3 atom stereocenters. The Morgan fingerprint density at radius 1 is 1.17 bits per heavy atom. The number of fused-ring (bicyclic) bond motifs is 1. The average molecular weight is 393 g/mol. The lowest BCUT2D eigenvalue weighted by Crippen LogP contribution is -2.43. The molecule has 2 aromatic carbocycles. The zero-order chi connectivity index (χ0) is 20.2. The molecule has 146 valence electrons. The highest BCUT2D eigenvalue weighted by atomic mass is 19.1. The van der Waals surface area contributed by atoms with Crippen molar-refractivity contribution < 1.29 is 22.9 Å². The first-order chi connectivity index (χ1) is 14.0. The van der Waals surface area contributed by atoms with E-state index in [-0.39, 0.29) is 11.9 Å². The van der Waals surface area contributed by atoms with Gasteiger partial charge in [0.15, 0.2) is 17.9 Å². The summed E-state index contributed by atoms with van der Waals surface area (Å²) < 4.78 is 36.1. The lowest BCUT2D eigenvalue weighted by Gasteiger charge is -2.25. The van der Waals surface area contributed by atoms with Crippen LogP contribution in [0.3, 0.4) is 0 Å². The fourth-order valence-corrected chi connectivity index (χ4v) is 4.58. The molecule has 2 bridgehead atoms. The lowest BCUT2D eigenvalue weighted by atomic mass is 9.82. The molecule has 6 heteroatoms. The van der Waals surface area contributed by atoms with E-state index in [1.807, 2.05) is 47.1 Å². The molecule has 2 aromatic rings. The normalized spacial score (nSPS) is 26.7. The Bertz CT molecular complexity index is 1090. The molecule has 1 spiro atoms. The third kappa shape index (κ3) is 2.67. The number of carbonyl (C=O) groups is 1. The number of benzene rings is 2. The summed E-state index contributed by atoms with van der Waals surface area (Å²) in [6.07, 6.45) is 5.83. The molecule has 29 heavy (non-hydrogen) atoms. The first-order valence-corrected chi connectivity index (χ1v) is 9.49. The van der Waals surface area contributed by atoms with Crippen LogP contribution in [0.1, 0.15) is 5.56 Å². The number of nitrogens with one attached hydrogen (secondary N) is 1. The predicted molar refractivity (Wildman–Crippen MR) is 104 cm³/mol. The predicted octanol–water partition coefficient (Wildman–Crippen LogP) is 3.05. The number of carbonyl (C=O) groups excluding carboxylic acids is 1. The van der Waals surface area contributed by atoms with E-state index in [4.69, 9.17) is 4.74 Å². The van der Waals surface area contributed by atoms with Gasteiger partial charge in [0.05, 0.1) is 11.1 Å². The van der Waals surface area contributed by atoms with Crippen LogP contribution in [0, 0.1) is 11.6 Å². The van der Waals surface area contributed by atoms with Gasteiger partial charge >= 0.3 is 0 Å². The average Bonchev–Trinajstić information content (AvgIpc) is 3.36. The smallest absolute Gasteiger partial charge is 0.250 e. The Labute approximate surface area is 166 Å². The van der Waals surface area contributed by atoms with Crippen LogP contribution in [0.4, 0.5) is 14.5 Å². The Kier molecular flexibility index (Phi) is 3.99. The monoisotopic (exact) mass is 393 g/mol. The number of nitrogens with zero attached hydrogens (tertiary/aromatic N) is 1. The first-order valence-electron chi connectivity index (χ1n) is 9.49. The second-order valence-electron chi connectivity index (χ2n) is 7.47. The standard InChI is InChI=1S/C23H18F2N2O2/c1-26-22(28)21-18-13-27(17-11-15(24)10-16(25)12-17)20(9-14-5-3-2-4-6-14)23(18)8-7-19(21)29-23/h2-8,10-13,19-20H,9H2,1H3/p+1. The maximum atomic E-state index is 14.0. The van der Waals surface area contributed by atoms with Gasteiger partial charge in [0.25, 0.3) is 5.91 Å². The second-order valence-corrected chi connectivity index (χ2v) is 7.47. The van der Waals surface area contributed by atoms with Crippen LogP contribution < -0.4 is 5.32 Å². The summed E-state index contributed by atoms with van der Waals surface area (Å²) in [7, 11) is 1.58. The second kappa shape index (κ2) is 6.46. The summed E-state index contributed by atoms with van der Waals surface area (Å²) in [6, 6.07) is 13.0. The zero-order valence-corrected chi connectivity index (χ0v) is 15.7. The van der Waals surface area contributed by atoms with E-state index in [9.17, 15) is 13.6 Å². The summed E-state index contributed by atoms with van der Waals surface area (Å²) in [5, 5.41) is 2.67. The van der Waals surface area contributed by atoms with Crippen molar-refractivity contribution in [3.8, 4) is 0 Å². The molecule has 3 aliphatic rings. The maximum Gasteiger partial charge on any atom is 0.250 e. The minimum absolute atomic E-state index is 0.210. The van der Waals surface area contributed by atoms with Gasteiger partial charge in [-0.2, -0.15) is 4.58 Å². The number of hydrogen-bond donors (Lipinski definition) is 1. The highest BCUT2D eigenvalue weighted by molar-refractivity contribution is 6.04. The minimum Gasteiger partial charge on any atom is -0.355 e. The molecule has 5 rings (SSSR count). The van der Waals surface area contributed by atoms with Crippen molar-refractivity contribution in [2.75, 3.05) is 7.05 Å². The molecule has 1 N–H and O–H groups in total. The SMILES string of the molecule is CNC(=O)C1=C2C=[N+](c3cc(F)cc(F)c3)C(Cc3ccccc3)C23C=CC1O3. The molecule has 4 nitrogen and oxygen atoms in total. The quantitative estimate of drug-likeness (QED) is 0.641. The van der Waals surface area contributed by atoms with Gasteiger partial charge in [-0.05, 0) is 11.6 Å². The highest BCUT2D eigenvalue weighted by Crippen LogP contribution is 2.50. The Morgan fingerprint density at radius 2 is 1.90 bits per heavy atom. The van der Waals surface area contributed by atoms with Crippen LogP contribution in [0.5, 0.6) is 0 Å². The lowest BCUT2D eigenvalue weighted by molar-refractivity contribution is -0.489. The molecular weight excluding hydrogens is 374 g/mol. The van der Waals surface area contributed by atoms with Crippen LogP contribution in [0.15, 0.2) is 71.8 Å². The summed E-state index contributed by atoms with van der Waals surface area (Å²) in [5.74, 6) is -1.51. The van der Waals surface area contributed by atoms with Gasteiger partial charge in [-0.1, -0.05) is 36.4 Å². The van der Waals surface area contributed by atoms with Gasteiger partial charge in [0.1, 0.15) is 17.7 Å². The molecule has 0 radical (unpaired) electrons. The van der Waals surface area contributed by atoms with E-state index in [1.165, 1.54) is 12.1 Å². The van der Waals surface area contributed by atoms with Crippen LogP contribution in [-0.2, 0) is 16.0 Å². The van der Waals surface area contributed by atoms with Crippen LogP contribution in [0.2, 0.25) is 0 Å². The minimum atomic E-state index is -0.828. The number of ether oxygens (including phenoxy) is 1. The van der Waals surface area contributed by atoms with Crippen LogP contribution >= 0.6 is 0 Å². The number of hydrogen-bond acceptors (Lipinski definition) is 2. The number of likely N-dealkylation sites (N-methyl/N-ethyl adjacent to an activating group) is 1. The van der Waals surface area contributed by atoms with Gasteiger partial charge in [0.2, 0.25) is 5.69 Å². The molecule has 0 aliphatic carbocycles. The van der Waals surface area contributed by atoms with E-state index in [1.54, 1.807) is 13.3 Å². The number of rotatable bonds is 4. The largest absolute Gasteiger partial charge is 0.355 e. The van der Waals surface area contributed by atoms with Gasteiger partial charge in [-0.25, -0.2) is 8.78 Å². The molecule has 3 aliphatic heterocycles. The Hall–Kier alpha value is -3.12.